The average Bonchev–Trinajstić information content (AvgIpc) is 2.75. The first kappa shape index (κ1) is 26.1. The molecule has 0 aromatic heterocycles. The first-order chi connectivity index (χ1) is 16.0. The average molecular weight is 507 g/mol. The first-order valence-corrected chi connectivity index (χ1v) is 11.6. The fourth-order valence-electron chi connectivity index (χ4n) is 3.94. The van der Waals surface area contributed by atoms with Crippen LogP contribution in [-0.4, -0.2) is 41.7 Å². The highest BCUT2D eigenvalue weighted by molar-refractivity contribution is 7.80. The van der Waals surface area contributed by atoms with Crippen LogP contribution in [0.4, 0.5) is 0 Å². The van der Waals surface area contributed by atoms with E-state index in [2.05, 4.69) is 12.6 Å². The maximum Gasteiger partial charge on any atom is 0.303 e. The van der Waals surface area contributed by atoms with Gasteiger partial charge in [-0.3, -0.25) is 14.4 Å². The highest BCUT2D eigenvalue weighted by Gasteiger charge is 2.51. The van der Waals surface area contributed by atoms with Crippen molar-refractivity contribution in [3.63, 3.8) is 0 Å². The Kier molecular flexibility index (Phi) is 8.62. The lowest BCUT2D eigenvalue weighted by Crippen LogP contribution is -2.57. The van der Waals surface area contributed by atoms with Gasteiger partial charge in [-0.2, -0.15) is 0 Å². The van der Waals surface area contributed by atoms with Gasteiger partial charge in [-0.1, -0.05) is 41.9 Å². The van der Waals surface area contributed by atoms with Crippen LogP contribution in [0.2, 0.25) is 5.02 Å². The first-order valence-electron chi connectivity index (χ1n) is 10.7. The lowest BCUT2D eigenvalue weighted by atomic mass is 9.90. The summed E-state index contributed by atoms with van der Waals surface area (Å²) in [5.74, 6) is -1.82. The molecule has 1 fully saturated rings. The summed E-state index contributed by atoms with van der Waals surface area (Å²) in [6.07, 6.45) is -3.39. The van der Waals surface area contributed by atoms with E-state index >= 15 is 0 Å². The SMILES string of the molecule is CC(=O)O[C@@H]1[C@@H](OC(C)=O)[C@H](c2ccc(C)c(Cc3ccc(Cl)cc3)c2)O[C@H](S)[C@H]1OC(C)=O. The monoisotopic (exact) mass is 506 g/mol. The van der Waals surface area contributed by atoms with Gasteiger partial charge >= 0.3 is 17.9 Å². The molecule has 9 heteroatoms. The van der Waals surface area contributed by atoms with Crippen LogP contribution in [-0.2, 0) is 39.8 Å². The number of thiol groups is 1. The molecule has 182 valence electrons. The minimum atomic E-state index is -1.10. The van der Waals surface area contributed by atoms with E-state index in [-0.39, 0.29) is 0 Å². The molecule has 0 amide bonds. The van der Waals surface area contributed by atoms with Gasteiger partial charge in [0.05, 0.1) is 0 Å². The molecule has 0 saturated carbocycles. The van der Waals surface area contributed by atoms with E-state index in [9.17, 15) is 14.4 Å². The Labute approximate surface area is 209 Å². The molecule has 0 unspecified atom stereocenters. The van der Waals surface area contributed by atoms with E-state index in [0.717, 1.165) is 16.7 Å². The van der Waals surface area contributed by atoms with E-state index in [0.29, 0.717) is 17.0 Å². The zero-order valence-electron chi connectivity index (χ0n) is 19.3. The van der Waals surface area contributed by atoms with E-state index in [1.807, 2.05) is 49.4 Å². The molecule has 0 spiro atoms. The van der Waals surface area contributed by atoms with Crippen LogP contribution in [0.5, 0.6) is 0 Å². The molecule has 0 N–H and O–H groups in total. The third-order valence-electron chi connectivity index (χ3n) is 5.43. The van der Waals surface area contributed by atoms with Crippen LogP contribution in [0.3, 0.4) is 0 Å². The number of esters is 3. The number of hydrogen-bond donors (Lipinski definition) is 1. The molecule has 2 aromatic rings. The van der Waals surface area contributed by atoms with Gasteiger partial charge < -0.3 is 18.9 Å². The zero-order valence-corrected chi connectivity index (χ0v) is 21.0. The summed E-state index contributed by atoms with van der Waals surface area (Å²) >= 11 is 10.4. The van der Waals surface area contributed by atoms with Crippen molar-refractivity contribution < 1.29 is 33.3 Å². The van der Waals surface area contributed by atoms with E-state index in [1.165, 1.54) is 20.8 Å². The number of hydrogen-bond acceptors (Lipinski definition) is 8. The summed E-state index contributed by atoms with van der Waals surface area (Å²) in [5, 5.41) is 0.660. The third kappa shape index (κ3) is 6.52. The fourth-order valence-corrected chi connectivity index (χ4v) is 4.43. The second kappa shape index (κ2) is 11.3. The predicted octanol–water partition coefficient (Wildman–Crippen LogP) is 4.36. The maximum absolute atomic E-state index is 12.0. The van der Waals surface area contributed by atoms with Gasteiger partial charge in [-0.15, -0.1) is 12.6 Å². The molecule has 1 saturated heterocycles. The number of carbonyl (C=O) groups excluding carboxylic acids is 3. The van der Waals surface area contributed by atoms with Crippen molar-refractivity contribution in [1.82, 2.24) is 0 Å². The molecule has 3 rings (SSSR count). The van der Waals surface area contributed by atoms with Gasteiger partial charge in [0.2, 0.25) is 0 Å². The van der Waals surface area contributed by atoms with E-state index < -0.39 is 47.8 Å². The second-order valence-corrected chi connectivity index (χ2v) is 9.10. The molecule has 34 heavy (non-hydrogen) atoms. The van der Waals surface area contributed by atoms with Gasteiger partial charge in [0, 0.05) is 25.8 Å². The third-order valence-corrected chi connectivity index (χ3v) is 6.10. The van der Waals surface area contributed by atoms with Crippen molar-refractivity contribution in [2.45, 2.75) is 64.0 Å². The number of rotatable bonds is 6. The van der Waals surface area contributed by atoms with E-state index in [4.69, 9.17) is 30.5 Å². The van der Waals surface area contributed by atoms with Crippen molar-refractivity contribution in [2.75, 3.05) is 0 Å². The topological polar surface area (TPSA) is 88.1 Å². The summed E-state index contributed by atoms with van der Waals surface area (Å²) in [5.41, 5.74) is 2.96. The Morgan fingerprint density at radius 2 is 1.44 bits per heavy atom. The van der Waals surface area contributed by atoms with E-state index in [1.54, 1.807) is 0 Å². The second-order valence-electron chi connectivity index (χ2n) is 8.16. The number of ether oxygens (including phenoxy) is 4. The van der Waals surface area contributed by atoms with Crippen LogP contribution in [0.25, 0.3) is 0 Å². The Morgan fingerprint density at radius 3 is 2.03 bits per heavy atom. The van der Waals surface area contributed by atoms with Gasteiger partial charge in [-0.05, 0) is 47.7 Å². The summed E-state index contributed by atoms with van der Waals surface area (Å²) in [6.45, 7) is 5.70. The molecule has 1 heterocycles. The van der Waals surface area contributed by atoms with Crippen molar-refractivity contribution in [3.8, 4) is 0 Å². The van der Waals surface area contributed by atoms with Crippen molar-refractivity contribution in [3.05, 3.63) is 69.7 Å². The fraction of sp³-hybridized carbons (Fsp3) is 0.400. The minimum Gasteiger partial charge on any atom is -0.455 e. The Morgan fingerprint density at radius 1 is 0.882 bits per heavy atom. The quantitative estimate of drug-likeness (QED) is 0.354. The number of carbonyl (C=O) groups is 3. The molecule has 2 aromatic carbocycles. The number of aryl methyl sites for hydroxylation is 1. The van der Waals surface area contributed by atoms with Crippen LogP contribution in [0.15, 0.2) is 42.5 Å². The number of benzene rings is 2. The highest BCUT2D eigenvalue weighted by Crippen LogP contribution is 2.39. The molecule has 1 aliphatic heterocycles. The Bertz CT molecular complexity index is 1060. The molecule has 7 nitrogen and oxygen atoms in total. The summed E-state index contributed by atoms with van der Waals surface area (Å²) in [4.78, 5) is 35.5. The maximum atomic E-state index is 12.0. The lowest BCUT2D eigenvalue weighted by Gasteiger charge is -2.43. The molecule has 5 atom stereocenters. The molecule has 1 aliphatic rings. The molecular weight excluding hydrogens is 480 g/mol. The highest BCUT2D eigenvalue weighted by atomic mass is 35.5. The summed E-state index contributed by atoms with van der Waals surface area (Å²) in [6, 6.07) is 13.3. The van der Waals surface area contributed by atoms with Gasteiger partial charge in [-0.25, -0.2) is 0 Å². The van der Waals surface area contributed by atoms with Crippen LogP contribution < -0.4 is 0 Å². The number of halogens is 1. The lowest BCUT2D eigenvalue weighted by molar-refractivity contribution is -0.233. The smallest absolute Gasteiger partial charge is 0.303 e. The van der Waals surface area contributed by atoms with Crippen LogP contribution in [0, 0.1) is 6.92 Å². The largest absolute Gasteiger partial charge is 0.455 e. The molecular formula is C25H27ClO7S. The van der Waals surface area contributed by atoms with Crippen molar-refractivity contribution in [2.24, 2.45) is 0 Å². The van der Waals surface area contributed by atoms with Crippen LogP contribution in [0.1, 0.15) is 49.1 Å². The minimum absolute atomic E-state index is 0.594. The van der Waals surface area contributed by atoms with Crippen molar-refractivity contribution >= 4 is 42.1 Å². The molecule has 0 bridgehead atoms. The summed E-state index contributed by atoms with van der Waals surface area (Å²) in [7, 11) is 0. The van der Waals surface area contributed by atoms with Gasteiger partial charge in [0.1, 0.15) is 11.5 Å². The van der Waals surface area contributed by atoms with Crippen molar-refractivity contribution in [1.29, 1.82) is 0 Å². The summed E-state index contributed by atoms with van der Waals surface area (Å²) < 4.78 is 22.4. The zero-order chi connectivity index (χ0) is 25.0. The van der Waals surface area contributed by atoms with Gasteiger partial charge in [0.15, 0.2) is 18.3 Å². The Hall–Kier alpha value is -2.55. The Balaban J connectivity index is 2.00. The molecule has 0 radical (unpaired) electrons. The van der Waals surface area contributed by atoms with Crippen LogP contribution >= 0.6 is 24.2 Å². The van der Waals surface area contributed by atoms with Gasteiger partial charge in [0.25, 0.3) is 0 Å². The predicted molar refractivity (Wildman–Crippen MR) is 129 cm³/mol. The normalized spacial score (nSPS) is 24.2. The standard InChI is InChI=1S/C25H27ClO7S/c1-13-5-8-18(12-19(13)11-17-6-9-20(26)10-7-17)21-22(30-14(2)27)23(31-15(3)28)24(25(34)33-21)32-16(4)29/h5-10,12,21-25,34H,11H2,1-4H3/t21-,22-,23+,24-,25+/m0/s1. The molecule has 0 aliphatic carbocycles.